The topological polar surface area (TPSA) is 24.5 Å². The van der Waals surface area contributed by atoms with Crippen molar-refractivity contribution in [2.24, 2.45) is 5.92 Å². The third-order valence-electron chi connectivity index (χ3n) is 3.39. The van der Waals surface area contributed by atoms with Gasteiger partial charge in [-0.2, -0.15) is 13.2 Å². The first kappa shape index (κ1) is 15.7. The lowest BCUT2D eigenvalue weighted by atomic mass is 9.94. The van der Waals surface area contributed by atoms with Crippen LogP contribution in [-0.2, 0) is 4.74 Å². The van der Waals surface area contributed by atoms with Crippen LogP contribution in [0.5, 0.6) is 0 Å². The van der Waals surface area contributed by atoms with Gasteiger partial charge in [0.25, 0.3) is 0 Å². The molecular weight excluding hydrogens is 245 g/mol. The molecule has 0 aromatic carbocycles. The van der Waals surface area contributed by atoms with E-state index in [2.05, 4.69) is 21.9 Å². The van der Waals surface area contributed by atoms with Crippen molar-refractivity contribution in [2.75, 3.05) is 39.9 Å². The molecule has 2 atom stereocenters. The van der Waals surface area contributed by atoms with E-state index in [1.807, 2.05) is 7.05 Å². The average Bonchev–Trinajstić information content (AvgIpc) is 2.27. The Morgan fingerprint density at radius 2 is 2.11 bits per heavy atom. The predicted octanol–water partition coefficient (Wildman–Crippen LogP) is 1.89. The van der Waals surface area contributed by atoms with Crippen LogP contribution in [0.4, 0.5) is 13.2 Å². The monoisotopic (exact) mass is 268 g/mol. The maximum Gasteiger partial charge on any atom is 0.411 e. The van der Waals surface area contributed by atoms with E-state index in [0.29, 0.717) is 18.4 Å². The second-order valence-corrected chi connectivity index (χ2v) is 4.98. The molecular formula is C12H23F3N2O. The van der Waals surface area contributed by atoms with Crippen LogP contribution in [0.15, 0.2) is 0 Å². The molecule has 0 bridgehead atoms. The van der Waals surface area contributed by atoms with Crippen LogP contribution in [0, 0.1) is 5.92 Å². The lowest BCUT2D eigenvalue weighted by molar-refractivity contribution is -0.174. The number of hydrogen-bond donors (Lipinski definition) is 1. The Labute approximate surface area is 107 Å². The molecule has 108 valence electrons. The minimum Gasteiger partial charge on any atom is -0.372 e. The van der Waals surface area contributed by atoms with Crippen molar-refractivity contribution in [3.05, 3.63) is 0 Å². The van der Waals surface area contributed by atoms with E-state index in [1.165, 1.54) is 0 Å². The number of alkyl halides is 3. The summed E-state index contributed by atoms with van der Waals surface area (Å²) < 4.78 is 40.1. The molecule has 1 N–H and O–H groups in total. The predicted molar refractivity (Wildman–Crippen MR) is 64.6 cm³/mol. The van der Waals surface area contributed by atoms with Gasteiger partial charge in [0.2, 0.25) is 0 Å². The highest BCUT2D eigenvalue weighted by atomic mass is 19.4. The molecule has 0 saturated carbocycles. The summed E-state index contributed by atoms with van der Waals surface area (Å²) in [5.41, 5.74) is 0. The Morgan fingerprint density at radius 3 is 2.67 bits per heavy atom. The fraction of sp³-hybridized carbons (Fsp3) is 1.00. The fourth-order valence-electron chi connectivity index (χ4n) is 2.44. The van der Waals surface area contributed by atoms with Gasteiger partial charge >= 0.3 is 6.18 Å². The van der Waals surface area contributed by atoms with Gasteiger partial charge in [-0.25, -0.2) is 0 Å². The minimum absolute atomic E-state index is 0.180. The zero-order valence-corrected chi connectivity index (χ0v) is 11.1. The smallest absolute Gasteiger partial charge is 0.372 e. The van der Waals surface area contributed by atoms with E-state index in [-0.39, 0.29) is 6.61 Å². The van der Waals surface area contributed by atoms with Crippen LogP contribution in [0.3, 0.4) is 0 Å². The van der Waals surface area contributed by atoms with Gasteiger partial charge in [0, 0.05) is 25.7 Å². The summed E-state index contributed by atoms with van der Waals surface area (Å²) in [6.45, 7) is 4.08. The standard InChI is InChI=1S/C12H23F3N2O/c1-10-8-17(6-4-11(10)16-2)5-3-7-18-9-12(13,14)15/h10-11,16H,3-9H2,1-2H3. The number of rotatable bonds is 6. The highest BCUT2D eigenvalue weighted by molar-refractivity contribution is 4.81. The Morgan fingerprint density at radius 1 is 1.39 bits per heavy atom. The quantitative estimate of drug-likeness (QED) is 0.744. The summed E-state index contributed by atoms with van der Waals surface area (Å²) in [5.74, 6) is 0.583. The van der Waals surface area contributed by atoms with Crippen molar-refractivity contribution in [2.45, 2.75) is 32.0 Å². The van der Waals surface area contributed by atoms with Crippen LogP contribution in [0.1, 0.15) is 19.8 Å². The molecule has 0 amide bonds. The molecule has 0 aliphatic carbocycles. The third kappa shape index (κ3) is 6.02. The molecule has 0 spiro atoms. The van der Waals surface area contributed by atoms with Gasteiger partial charge < -0.3 is 15.0 Å². The average molecular weight is 268 g/mol. The van der Waals surface area contributed by atoms with E-state index in [1.54, 1.807) is 0 Å². The summed E-state index contributed by atoms with van der Waals surface area (Å²) >= 11 is 0. The van der Waals surface area contributed by atoms with Crippen LogP contribution in [0.25, 0.3) is 0 Å². The van der Waals surface area contributed by atoms with Crippen molar-refractivity contribution >= 4 is 0 Å². The lowest BCUT2D eigenvalue weighted by Crippen LogP contribution is -2.47. The molecule has 18 heavy (non-hydrogen) atoms. The van der Waals surface area contributed by atoms with Crippen LogP contribution < -0.4 is 5.32 Å². The first-order valence-corrected chi connectivity index (χ1v) is 6.46. The molecule has 1 aliphatic heterocycles. The number of nitrogens with one attached hydrogen (secondary N) is 1. The van der Waals surface area contributed by atoms with Gasteiger partial charge in [-0.3, -0.25) is 0 Å². The summed E-state index contributed by atoms with van der Waals surface area (Å²) in [6.07, 6.45) is -2.45. The molecule has 1 fully saturated rings. The Kier molecular flexibility index (Phi) is 6.38. The van der Waals surface area contributed by atoms with Crippen LogP contribution in [-0.4, -0.2) is 57.0 Å². The molecule has 0 aromatic rings. The van der Waals surface area contributed by atoms with Crippen molar-refractivity contribution in [1.82, 2.24) is 10.2 Å². The molecule has 1 aliphatic rings. The van der Waals surface area contributed by atoms with E-state index in [4.69, 9.17) is 0 Å². The summed E-state index contributed by atoms with van der Waals surface area (Å²) in [6, 6.07) is 0.558. The summed E-state index contributed by atoms with van der Waals surface area (Å²) in [4.78, 5) is 2.30. The van der Waals surface area contributed by atoms with Gasteiger partial charge in [-0.05, 0) is 32.4 Å². The number of hydrogen-bond acceptors (Lipinski definition) is 3. The zero-order valence-electron chi connectivity index (χ0n) is 11.1. The summed E-state index contributed by atoms with van der Waals surface area (Å²) in [7, 11) is 1.97. The molecule has 0 aromatic heterocycles. The van der Waals surface area contributed by atoms with Crippen LogP contribution in [0.2, 0.25) is 0 Å². The number of likely N-dealkylation sites (tertiary alicyclic amines) is 1. The van der Waals surface area contributed by atoms with Gasteiger partial charge in [0.05, 0.1) is 0 Å². The van der Waals surface area contributed by atoms with Crippen molar-refractivity contribution < 1.29 is 17.9 Å². The van der Waals surface area contributed by atoms with Crippen LogP contribution >= 0.6 is 0 Å². The SMILES string of the molecule is CNC1CCN(CCCOCC(F)(F)F)CC1C. The Bertz CT molecular complexity index is 236. The summed E-state index contributed by atoms with van der Waals surface area (Å²) in [5, 5.41) is 3.29. The number of halogens is 3. The Hall–Kier alpha value is -0.330. The fourth-order valence-corrected chi connectivity index (χ4v) is 2.44. The third-order valence-corrected chi connectivity index (χ3v) is 3.39. The van der Waals surface area contributed by atoms with Gasteiger partial charge in [0.1, 0.15) is 6.61 Å². The molecule has 1 rings (SSSR count). The first-order valence-electron chi connectivity index (χ1n) is 6.46. The highest BCUT2D eigenvalue weighted by Gasteiger charge is 2.27. The maximum atomic E-state index is 11.8. The second-order valence-electron chi connectivity index (χ2n) is 4.98. The molecule has 2 unspecified atom stereocenters. The van der Waals surface area contributed by atoms with E-state index in [0.717, 1.165) is 26.1 Å². The molecule has 0 radical (unpaired) electrons. The number of nitrogens with zero attached hydrogens (tertiary/aromatic N) is 1. The normalized spacial score (nSPS) is 26.5. The van der Waals surface area contributed by atoms with Crippen molar-refractivity contribution in [3.63, 3.8) is 0 Å². The minimum atomic E-state index is -4.21. The number of piperidine rings is 1. The molecule has 1 heterocycles. The van der Waals surface area contributed by atoms with E-state index >= 15 is 0 Å². The van der Waals surface area contributed by atoms with Gasteiger partial charge in [-0.1, -0.05) is 6.92 Å². The van der Waals surface area contributed by atoms with Gasteiger partial charge in [-0.15, -0.1) is 0 Å². The molecule has 6 heteroatoms. The molecule has 3 nitrogen and oxygen atoms in total. The first-order chi connectivity index (χ1) is 8.42. The Balaban J connectivity index is 2.07. The second kappa shape index (κ2) is 7.31. The van der Waals surface area contributed by atoms with Crippen molar-refractivity contribution in [1.29, 1.82) is 0 Å². The van der Waals surface area contributed by atoms with E-state index in [9.17, 15) is 13.2 Å². The maximum absolute atomic E-state index is 11.8. The van der Waals surface area contributed by atoms with Crippen molar-refractivity contribution in [3.8, 4) is 0 Å². The lowest BCUT2D eigenvalue weighted by Gasteiger charge is -2.36. The van der Waals surface area contributed by atoms with E-state index < -0.39 is 12.8 Å². The largest absolute Gasteiger partial charge is 0.411 e. The zero-order chi connectivity index (χ0) is 13.6. The highest BCUT2D eigenvalue weighted by Crippen LogP contribution is 2.17. The van der Waals surface area contributed by atoms with Gasteiger partial charge in [0.15, 0.2) is 0 Å². The number of ether oxygens (including phenoxy) is 1. The molecule has 1 saturated heterocycles.